The Balaban J connectivity index is 2.60. The van der Waals surface area contributed by atoms with Crippen LogP contribution in [0.3, 0.4) is 0 Å². The first-order valence-corrected chi connectivity index (χ1v) is 8.20. The summed E-state index contributed by atoms with van der Waals surface area (Å²) in [5, 5.41) is 0. The molecule has 0 unspecified atom stereocenters. The van der Waals surface area contributed by atoms with Crippen molar-refractivity contribution in [1.29, 1.82) is 0 Å². The van der Waals surface area contributed by atoms with Crippen molar-refractivity contribution in [2.45, 2.75) is 11.8 Å². The highest BCUT2D eigenvalue weighted by atomic mass is 79.9. The predicted octanol–water partition coefficient (Wildman–Crippen LogP) is 2.33. The number of hydrogen-bond acceptors (Lipinski definition) is 4. The normalized spacial score (nSPS) is 11.3. The summed E-state index contributed by atoms with van der Waals surface area (Å²) in [7, 11) is -2.03. The topological polar surface area (TPSA) is 64.6 Å². The van der Waals surface area contributed by atoms with Crippen molar-refractivity contribution in [2.24, 2.45) is 0 Å². The van der Waals surface area contributed by atoms with Gasteiger partial charge in [-0.2, -0.15) is 0 Å². The van der Waals surface area contributed by atoms with Gasteiger partial charge in [0.05, 0.1) is 29.7 Å². The molecule has 0 amide bonds. The molecule has 7 heteroatoms. The Bertz CT molecular complexity index is 572. The van der Waals surface area contributed by atoms with E-state index in [1.807, 2.05) is 6.92 Å². The molecule has 0 aromatic heterocycles. The summed E-state index contributed by atoms with van der Waals surface area (Å²) in [5.74, 6) is 0.578. The number of hydrogen-bond donors (Lipinski definition) is 1. The Morgan fingerprint density at radius 3 is 2.70 bits per heavy atom. The molecular weight excluding hydrogens is 346 g/mol. The molecule has 112 valence electrons. The maximum atomic E-state index is 12.0. The van der Waals surface area contributed by atoms with Crippen LogP contribution in [0, 0.1) is 0 Å². The van der Waals surface area contributed by atoms with Crippen molar-refractivity contribution < 1.29 is 17.9 Å². The summed E-state index contributed by atoms with van der Waals surface area (Å²) in [6, 6.07) is 4.58. The van der Waals surface area contributed by atoms with E-state index in [1.165, 1.54) is 19.2 Å². The molecular formula is C13H18BrNO4S. The zero-order chi connectivity index (χ0) is 15.2. The second kappa shape index (κ2) is 7.78. The molecule has 0 aliphatic carbocycles. The van der Waals surface area contributed by atoms with E-state index >= 15 is 0 Å². The number of halogens is 1. The van der Waals surface area contributed by atoms with Gasteiger partial charge in [-0.1, -0.05) is 12.2 Å². The number of rotatable bonds is 8. The monoisotopic (exact) mass is 363 g/mol. The quantitative estimate of drug-likeness (QED) is 0.568. The zero-order valence-corrected chi connectivity index (χ0v) is 13.9. The van der Waals surface area contributed by atoms with Gasteiger partial charge in [0.2, 0.25) is 10.0 Å². The van der Waals surface area contributed by atoms with Crippen molar-refractivity contribution >= 4 is 26.0 Å². The molecule has 0 heterocycles. The fourth-order valence-electron chi connectivity index (χ4n) is 1.39. The van der Waals surface area contributed by atoms with Crippen LogP contribution in [0.1, 0.15) is 6.92 Å². The number of sulfonamides is 1. The molecule has 1 aromatic rings. The van der Waals surface area contributed by atoms with Crippen LogP contribution in [0.15, 0.2) is 39.7 Å². The molecule has 0 atom stereocenters. The highest BCUT2D eigenvalue weighted by Crippen LogP contribution is 2.27. The summed E-state index contributed by atoms with van der Waals surface area (Å²) < 4.78 is 37.4. The first-order chi connectivity index (χ1) is 9.36. The molecule has 0 bridgehead atoms. The van der Waals surface area contributed by atoms with Crippen LogP contribution in [0.5, 0.6) is 5.75 Å². The summed E-state index contributed by atoms with van der Waals surface area (Å²) >= 11 is 3.26. The van der Waals surface area contributed by atoms with E-state index in [0.29, 0.717) is 23.4 Å². The maximum Gasteiger partial charge on any atom is 0.240 e. The summed E-state index contributed by atoms with van der Waals surface area (Å²) in [6.07, 6.45) is 0. The standard InChI is InChI=1S/C13H18BrNO4S/c1-10(2)9-19-7-6-15-20(16,17)11-4-5-13(18-3)12(14)8-11/h4-5,8,15H,1,6-7,9H2,2-3H3. The van der Waals surface area contributed by atoms with Gasteiger partial charge < -0.3 is 9.47 Å². The lowest BCUT2D eigenvalue weighted by Gasteiger charge is -2.09. The predicted molar refractivity (Wildman–Crippen MR) is 81.5 cm³/mol. The van der Waals surface area contributed by atoms with Crippen LogP contribution in [-0.4, -0.2) is 35.3 Å². The van der Waals surface area contributed by atoms with Crippen LogP contribution >= 0.6 is 15.9 Å². The molecule has 0 saturated carbocycles. The average Bonchev–Trinajstić information content (AvgIpc) is 2.37. The van der Waals surface area contributed by atoms with Gasteiger partial charge in [-0.15, -0.1) is 0 Å². The minimum atomic E-state index is -3.55. The summed E-state index contributed by atoms with van der Waals surface area (Å²) in [4.78, 5) is 0.171. The second-order valence-corrected chi connectivity index (χ2v) is 6.83. The third-order valence-corrected chi connectivity index (χ3v) is 4.40. The average molecular weight is 364 g/mol. The Morgan fingerprint density at radius 2 is 2.15 bits per heavy atom. The van der Waals surface area contributed by atoms with Crippen molar-refractivity contribution in [3.05, 3.63) is 34.8 Å². The van der Waals surface area contributed by atoms with E-state index in [0.717, 1.165) is 5.57 Å². The van der Waals surface area contributed by atoms with Gasteiger partial charge in [-0.25, -0.2) is 13.1 Å². The van der Waals surface area contributed by atoms with Crippen LogP contribution in [-0.2, 0) is 14.8 Å². The van der Waals surface area contributed by atoms with E-state index in [2.05, 4.69) is 27.2 Å². The lowest BCUT2D eigenvalue weighted by atomic mass is 10.3. The molecule has 0 saturated heterocycles. The maximum absolute atomic E-state index is 12.0. The molecule has 1 rings (SSSR count). The first kappa shape index (κ1) is 17.2. The minimum absolute atomic E-state index is 0.171. The Hall–Kier alpha value is -0.890. The van der Waals surface area contributed by atoms with Crippen LogP contribution in [0.2, 0.25) is 0 Å². The molecule has 5 nitrogen and oxygen atoms in total. The second-order valence-electron chi connectivity index (χ2n) is 4.20. The zero-order valence-electron chi connectivity index (χ0n) is 11.5. The third kappa shape index (κ3) is 5.24. The molecule has 0 aliphatic rings. The van der Waals surface area contributed by atoms with Gasteiger partial charge in [0.15, 0.2) is 0 Å². The van der Waals surface area contributed by atoms with Gasteiger partial charge in [-0.05, 0) is 41.1 Å². The van der Waals surface area contributed by atoms with Gasteiger partial charge in [0.25, 0.3) is 0 Å². The Labute approximate surface area is 128 Å². The van der Waals surface area contributed by atoms with Crippen molar-refractivity contribution in [1.82, 2.24) is 4.72 Å². The first-order valence-electron chi connectivity index (χ1n) is 5.92. The van der Waals surface area contributed by atoms with E-state index < -0.39 is 10.0 Å². The van der Waals surface area contributed by atoms with Gasteiger partial charge in [0, 0.05) is 6.54 Å². The van der Waals surface area contributed by atoms with E-state index in [9.17, 15) is 8.42 Å². The fourth-order valence-corrected chi connectivity index (χ4v) is 3.12. The fraction of sp³-hybridized carbons (Fsp3) is 0.385. The number of benzene rings is 1. The summed E-state index contributed by atoms with van der Waals surface area (Å²) in [6.45, 7) is 6.47. The number of nitrogens with one attached hydrogen (secondary N) is 1. The van der Waals surface area contributed by atoms with Crippen molar-refractivity contribution in [3.8, 4) is 5.75 Å². The lowest BCUT2D eigenvalue weighted by molar-refractivity contribution is 0.162. The van der Waals surface area contributed by atoms with Crippen LogP contribution in [0.4, 0.5) is 0 Å². The van der Waals surface area contributed by atoms with Gasteiger partial charge >= 0.3 is 0 Å². The van der Waals surface area contributed by atoms with E-state index in [-0.39, 0.29) is 11.4 Å². The number of methoxy groups -OCH3 is 1. The molecule has 0 spiro atoms. The van der Waals surface area contributed by atoms with Crippen LogP contribution in [0.25, 0.3) is 0 Å². The van der Waals surface area contributed by atoms with Crippen molar-refractivity contribution in [2.75, 3.05) is 26.9 Å². The minimum Gasteiger partial charge on any atom is -0.496 e. The van der Waals surface area contributed by atoms with E-state index in [4.69, 9.17) is 9.47 Å². The SMILES string of the molecule is C=C(C)COCCNS(=O)(=O)c1ccc(OC)c(Br)c1. The molecule has 1 N–H and O–H groups in total. The van der Waals surface area contributed by atoms with E-state index in [1.54, 1.807) is 6.07 Å². The summed E-state index contributed by atoms with van der Waals surface area (Å²) in [5.41, 5.74) is 0.895. The molecule has 0 fully saturated rings. The van der Waals surface area contributed by atoms with Crippen LogP contribution < -0.4 is 9.46 Å². The molecule has 20 heavy (non-hydrogen) atoms. The smallest absolute Gasteiger partial charge is 0.240 e. The van der Waals surface area contributed by atoms with Gasteiger partial charge in [-0.3, -0.25) is 0 Å². The van der Waals surface area contributed by atoms with Gasteiger partial charge in [0.1, 0.15) is 5.75 Å². The lowest BCUT2D eigenvalue weighted by Crippen LogP contribution is -2.27. The highest BCUT2D eigenvalue weighted by molar-refractivity contribution is 9.10. The largest absolute Gasteiger partial charge is 0.496 e. The van der Waals surface area contributed by atoms with Crippen molar-refractivity contribution in [3.63, 3.8) is 0 Å². The Kier molecular flexibility index (Phi) is 6.67. The molecule has 0 radical (unpaired) electrons. The third-order valence-electron chi connectivity index (χ3n) is 2.32. The highest BCUT2D eigenvalue weighted by Gasteiger charge is 2.15. The molecule has 0 aliphatic heterocycles. The number of ether oxygens (including phenoxy) is 2. The molecule has 1 aromatic carbocycles. The Morgan fingerprint density at radius 1 is 1.45 bits per heavy atom.